The van der Waals surface area contributed by atoms with E-state index in [1.54, 1.807) is 14.2 Å². The Morgan fingerprint density at radius 1 is 0.727 bits per heavy atom. The Balaban J connectivity index is 0.000000306. The Bertz CT molecular complexity index is 404. The zero-order valence-corrected chi connectivity index (χ0v) is 12.9. The summed E-state index contributed by atoms with van der Waals surface area (Å²) in [6.45, 7) is -0.729. The van der Waals surface area contributed by atoms with Crippen molar-refractivity contribution in [2.75, 3.05) is 27.4 Å². The first kappa shape index (κ1) is 19.9. The molecule has 3 N–H and O–H groups in total. The first-order chi connectivity index (χ1) is 10.7. The van der Waals surface area contributed by atoms with Crippen molar-refractivity contribution in [1.29, 1.82) is 0 Å². The van der Waals surface area contributed by atoms with Crippen LogP contribution >= 0.6 is 0 Å². The van der Waals surface area contributed by atoms with Crippen LogP contribution < -0.4 is 9.47 Å². The molecule has 0 radical (unpaired) electrons. The Morgan fingerprint density at radius 2 is 1.05 bits per heavy atom. The summed E-state index contributed by atoms with van der Waals surface area (Å²) in [7, 11) is 3.32. The van der Waals surface area contributed by atoms with E-state index in [0.717, 1.165) is 11.5 Å². The molecule has 0 aromatic heterocycles. The van der Waals surface area contributed by atoms with Crippen LogP contribution in [0.2, 0.25) is 0 Å². The summed E-state index contributed by atoms with van der Waals surface area (Å²) >= 11 is 0. The van der Waals surface area contributed by atoms with Crippen LogP contribution in [-0.4, -0.2) is 48.9 Å². The van der Waals surface area contributed by atoms with E-state index in [1.807, 2.05) is 60.7 Å². The lowest BCUT2D eigenvalue weighted by atomic mass is 10.3. The molecule has 5 heteroatoms. The molecule has 0 unspecified atom stereocenters. The van der Waals surface area contributed by atoms with Crippen molar-refractivity contribution in [2.45, 2.75) is 6.10 Å². The van der Waals surface area contributed by atoms with E-state index >= 15 is 0 Å². The van der Waals surface area contributed by atoms with E-state index in [-0.39, 0.29) is 13.2 Å². The molecule has 2 rings (SSSR count). The van der Waals surface area contributed by atoms with E-state index < -0.39 is 6.10 Å². The van der Waals surface area contributed by atoms with Gasteiger partial charge in [0.1, 0.15) is 17.6 Å². The van der Waals surface area contributed by atoms with Gasteiger partial charge < -0.3 is 24.8 Å². The van der Waals surface area contributed by atoms with E-state index in [1.165, 1.54) is 0 Å². The van der Waals surface area contributed by atoms with Gasteiger partial charge >= 0.3 is 0 Å². The fourth-order valence-electron chi connectivity index (χ4n) is 1.17. The summed E-state index contributed by atoms with van der Waals surface area (Å²) in [5.41, 5.74) is 0. The summed E-state index contributed by atoms with van der Waals surface area (Å²) in [5, 5.41) is 24.0. The summed E-state index contributed by atoms with van der Waals surface area (Å²) < 4.78 is 9.83. The molecular weight excluding hydrogens is 284 g/mol. The highest BCUT2D eigenvalue weighted by atomic mass is 16.5. The van der Waals surface area contributed by atoms with Gasteiger partial charge in [0.15, 0.2) is 0 Å². The number of hydrogen-bond acceptors (Lipinski definition) is 5. The van der Waals surface area contributed by atoms with Crippen molar-refractivity contribution in [3.05, 3.63) is 60.7 Å². The molecule has 0 bridgehead atoms. The van der Waals surface area contributed by atoms with Crippen molar-refractivity contribution in [3.63, 3.8) is 0 Å². The molecule has 0 fully saturated rings. The Labute approximate surface area is 131 Å². The first-order valence-corrected chi connectivity index (χ1v) is 6.75. The van der Waals surface area contributed by atoms with E-state index in [0.29, 0.717) is 0 Å². The minimum Gasteiger partial charge on any atom is -0.497 e. The predicted molar refractivity (Wildman–Crippen MR) is 86.2 cm³/mol. The maximum Gasteiger partial charge on any atom is 0.118 e. The quantitative estimate of drug-likeness (QED) is 0.801. The van der Waals surface area contributed by atoms with Gasteiger partial charge in [-0.1, -0.05) is 36.4 Å². The number of ether oxygens (including phenoxy) is 2. The second-order valence-electron chi connectivity index (χ2n) is 4.05. The molecule has 0 aliphatic carbocycles. The number of hydrogen-bond donors (Lipinski definition) is 3. The minimum absolute atomic E-state index is 0.365. The molecule has 0 aliphatic heterocycles. The van der Waals surface area contributed by atoms with E-state index in [9.17, 15) is 0 Å². The molecule has 0 heterocycles. The van der Waals surface area contributed by atoms with Crippen molar-refractivity contribution >= 4 is 0 Å². The third-order valence-electron chi connectivity index (χ3n) is 2.38. The standard InChI is InChI=1S/2C7H8O.C3H8O3/c2*1-8-7-5-3-2-4-6-7;4-1-3(6)2-5/h2*2-6H,1H3;3-6H,1-2H2. The van der Waals surface area contributed by atoms with Gasteiger partial charge in [-0.05, 0) is 24.3 Å². The highest BCUT2D eigenvalue weighted by Gasteiger charge is 1.93. The molecule has 122 valence electrons. The molecule has 0 atom stereocenters. The van der Waals surface area contributed by atoms with Gasteiger partial charge in [0.05, 0.1) is 27.4 Å². The molecule has 22 heavy (non-hydrogen) atoms. The fraction of sp³-hybridized carbons (Fsp3) is 0.294. The highest BCUT2D eigenvalue weighted by Crippen LogP contribution is 2.06. The lowest BCUT2D eigenvalue weighted by Crippen LogP contribution is -2.15. The second kappa shape index (κ2) is 13.9. The Morgan fingerprint density at radius 3 is 1.18 bits per heavy atom. The van der Waals surface area contributed by atoms with Crippen LogP contribution in [0.3, 0.4) is 0 Å². The zero-order chi connectivity index (χ0) is 16.6. The van der Waals surface area contributed by atoms with Crippen molar-refractivity contribution < 1.29 is 24.8 Å². The van der Waals surface area contributed by atoms with E-state index in [2.05, 4.69) is 0 Å². The fourth-order valence-corrected chi connectivity index (χ4v) is 1.17. The molecular formula is C17H24O5. The second-order valence-corrected chi connectivity index (χ2v) is 4.05. The molecule has 0 saturated carbocycles. The minimum atomic E-state index is -0.954. The zero-order valence-electron chi connectivity index (χ0n) is 12.9. The summed E-state index contributed by atoms with van der Waals surface area (Å²) in [4.78, 5) is 0. The predicted octanol–water partition coefficient (Wildman–Crippen LogP) is 1.72. The molecule has 2 aromatic carbocycles. The smallest absolute Gasteiger partial charge is 0.118 e. The lowest BCUT2D eigenvalue weighted by Gasteiger charge is -1.96. The third-order valence-corrected chi connectivity index (χ3v) is 2.38. The van der Waals surface area contributed by atoms with Gasteiger partial charge in [-0.2, -0.15) is 0 Å². The van der Waals surface area contributed by atoms with Crippen LogP contribution in [0, 0.1) is 0 Å². The SMILES string of the molecule is COc1ccccc1.COc1ccccc1.OCC(O)CO. The average Bonchev–Trinajstić information content (AvgIpc) is 2.63. The number of rotatable bonds is 4. The third kappa shape index (κ3) is 10.7. The monoisotopic (exact) mass is 308 g/mol. The van der Waals surface area contributed by atoms with Crippen molar-refractivity contribution in [2.24, 2.45) is 0 Å². The number of aliphatic hydroxyl groups excluding tert-OH is 3. The van der Waals surface area contributed by atoms with Crippen LogP contribution in [0.15, 0.2) is 60.7 Å². The van der Waals surface area contributed by atoms with Gasteiger partial charge in [0.2, 0.25) is 0 Å². The molecule has 0 saturated heterocycles. The van der Waals surface area contributed by atoms with Gasteiger partial charge in [-0.3, -0.25) is 0 Å². The lowest BCUT2D eigenvalue weighted by molar-refractivity contribution is 0.0450. The number of benzene rings is 2. The Kier molecular flexibility index (Phi) is 12.6. The number of methoxy groups -OCH3 is 2. The van der Waals surface area contributed by atoms with Crippen LogP contribution in [0.1, 0.15) is 0 Å². The summed E-state index contributed by atoms with van der Waals surface area (Å²) in [6, 6.07) is 19.4. The Hall–Kier alpha value is -2.08. The first-order valence-electron chi connectivity index (χ1n) is 6.75. The van der Waals surface area contributed by atoms with Gasteiger partial charge in [0.25, 0.3) is 0 Å². The molecule has 5 nitrogen and oxygen atoms in total. The van der Waals surface area contributed by atoms with Crippen molar-refractivity contribution in [1.82, 2.24) is 0 Å². The number of para-hydroxylation sites is 2. The number of aliphatic hydroxyl groups is 3. The topological polar surface area (TPSA) is 79.2 Å². The molecule has 0 spiro atoms. The van der Waals surface area contributed by atoms with Gasteiger partial charge in [0, 0.05) is 0 Å². The molecule has 2 aromatic rings. The average molecular weight is 308 g/mol. The molecule has 0 aliphatic rings. The summed E-state index contributed by atoms with van der Waals surface area (Å²) in [6.07, 6.45) is -0.954. The van der Waals surface area contributed by atoms with Gasteiger partial charge in [-0.25, -0.2) is 0 Å². The van der Waals surface area contributed by atoms with Gasteiger partial charge in [-0.15, -0.1) is 0 Å². The largest absolute Gasteiger partial charge is 0.497 e. The normalized spacial score (nSPS) is 9.00. The summed E-state index contributed by atoms with van der Waals surface area (Å²) in [5.74, 6) is 1.82. The molecule has 0 amide bonds. The van der Waals surface area contributed by atoms with Crippen LogP contribution in [0.5, 0.6) is 11.5 Å². The highest BCUT2D eigenvalue weighted by molar-refractivity contribution is 5.21. The maximum absolute atomic E-state index is 8.17. The maximum atomic E-state index is 8.17. The van der Waals surface area contributed by atoms with Crippen LogP contribution in [0.4, 0.5) is 0 Å². The van der Waals surface area contributed by atoms with Crippen molar-refractivity contribution in [3.8, 4) is 11.5 Å². The van der Waals surface area contributed by atoms with Crippen LogP contribution in [-0.2, 0) is 0 Å². The van der Waals surface area contributed by atoms with Crippen LogP contribution in [0.25, 0.3) is 0 Å². The van der Waals surface area contributed by atoms with E-state index in [4.69, 9.17) is 24.8 Å².